The molecule has 14 nitrogen and oxygen atoms in total. The van der Waals surface area contributed by atoms with Crippen LogP contribution in [0.4, 0.5) is 18.0 Å². The summed E-state index contributed by atoms with van der Waals surface area (Å²) in [5.74, 6) is -3.43. The Morgan fingerprint density at radius 3 is 2.56 bits per heavy atom. The second kappa shape index (κ2) is 17.0. The van der Waals surface area contributed by atoms with Crippen LogP contribution >= 0.6 is 11.6 Å². The lowest BCUT2D eigenvalue weighted by molar-refractivity contribution is -0.197. The van der Waals surface area contributed by atoms with Crippen molar-refractivity contribution < 1.29 is 55.0 Å². The molecular weight excluding hydrogens is 819 g/mol. The summed E-state index contributed by atoms with van der Waals surface area (Å²) < 4.78 is 84.6. The van der Waals surface area contributed by atoms with Crippen LogP contribution in [0.2, 0.25) is 5.02 Å². The van der Waals surface area contributed by atoms with Gasteiger partial charge in [-0.05, 0) is 82.8 Å². The first-order valence-electron chi connectivity index (χ1n) is 20.0. The van der Waals surface area contributed by atoms with Gasteiger partial charge < -0.3 is 29.7 Å². The third kappa shape index (κ3) is 9.68. The summed E-state index contributed by atoms with van der Waals surface area (Å²) in [6, 6.07) is 3.99. The van der Waals surface area contributed by atoms with Gasteiger partial charge >= 0.3 is 12.3 Å². The van der Waals surface area contributed by atoms with Crippen LogP contribution in [-0.2, 0) is 29.1 Å². The Kier molecular flexibility index (Phi) is 12.7. The molecule has 2 saturated carbocycles. The number of halogens is 4. The first kappa shape index (κ1) is 44.2. The minimum Gasteiger partial charge on any atom is -0.478 e. The number of benzene rings is 1. The van der Waals surface area contributed by atoms with E-state index in [1.165, 1.54) is 11.8 Å². The predicted octanol–water partition coefficient (Wildman–Crippen LogP) is 5.96. The lowest BCUT2D eigenvalue weighted by Crippen LogP contribution is -2.59. The third-order valence-electron chi connectivity index (χ3n) is 11.8. The van der Waals surface area contributed by atoms with Crippen LogP contribution in [0.25, 0.3) is 10.8 Å². The number of ether oxygens (including phenoxy) is 3. The zero-order valence-electron chi connectivity index (χ0n) is 33.6. The van der Waals surface area contributed by atoms with Gasteiger partial charge in [-0.15, -0.1) is 0 Å². The number of amides is 4. The maximum absolute atomic E-state index is 14.8. The molecule has 6 rings (SSSR count). The Labute approximate surface area is 346 Å². The summed E-state index contributed by atoms with van der Waals surface area (Å²) in [4.78, 5) is 62.0. The minimum atomic E-state index is -4.86. The van der Waals surface area contributed by atoms with Crippen molar-refractivity contribution in [2.24, 2.45) is 17.8 Å². The van der Waals surface area contributed by atoms with Gasteiger partial charge in [0.05, 0.1) is 17.9 Å². The summed E-state index contributed by atoms with van der Waals surface area (Å²) in [6.45, 7) is 7.83. The number of hydrogen-bond acceptors (Lipinski definition) is 10. The fourth-order valence-electron chi connectivity index (χ4n) is 7.70. The summed E-state index contributed by atoms with van der Waals surface area (Å²) in [5.41, 5.74) is -1.66. The molecule has 3 N–H and O–H groups in total. The third-order valence-corrected chi connectivity index (χ3v) is 14.3. The molecule has 19 heteroatoms. The van der Waals surface area contributed by atoms with E-state index < -0.39 is 86.4 Å². The average Bonchev–Trinajstić information content (AvgIpc) is 4.04. The van der Waals surface area contributed by atoms with Crippen molar-refractivity contribution >= 4 is 56.2 Å². The van der Waals surface area contributed by atoms with Gasteiger partial charge in [0.15, 0.2) is 6.10 Å². The fourth-order valence-corrected chi connectivity index (χ4v) is 9.24. The van der Waals surface area contributed by atoms with Crippen LogP contribution in [-0.4, -0.2) is 96.0 Å². The molecule has 2 aliphatic heterocycles. The molecule has 0 spiro atoms. The van der Waals surface area contributed by atoms with Gasteiger partial charge in [0.2, 0.25) is 33.6 Å². The van der Waals surface area contributed by atoms with Gasteiger partial charge in [0.25, 0.3) is 5.91 Å². The van der Waals surface area contributed by atoms with Gasteiger partial charge in [-0.1, -0.05) is 50.6 Å². The van der Waals surface area contributed by atoms with Gasteiger partial charge in [-0.2, -0.15) is 18.2 Å². The van der Waals surface area contributed by atoms with Gasteiger partial charge in [-0.3, -0.25) is 19.1 Å². The first-order chi connectivity index (χ1) is 27.7. The molecule has 3 fully saturated rings. The molecule has 2 aromatic rings. The number of nitrogens with zero attached hydrogens (tertiary/aromatic N) is 2. The van der Waals surface area contributed by atoms with E-state index in [9.17, 15) is 40.8 Å². The number of nitrogens with one attached hydrogen (secondary N) is 3. The van der Waals surface area contributed by atoms with E-state index in [4.69, 9.17) is 21.1 Å². The highest BCUT2D eigenvalue weighted by molar-refractivity contribution is 7.91. The topological polar surface area (TPSA) is 182 Å². The zero-order chi connectivity index (χ0) is 43.1. The number of carbonyl (C=O) groups is 4. The molecule has 0 bridgehead atoms. The number of aromatic nitrogens is 1. The monoisotopic (exact) mass is 869 g/mol. The van der Waals surface area contributed by atoms with Crippen molar-refractivity contribution in [3.8, 4) is 11.8 Å². The maximum Gasteiger partial charge on any atom is 0.425 e. The van der Waals surface area contributed by atoms with E-state index in [0.717, 1.165) is 0 Å². The van der Waals surface area contributed by atoms with E-state index in [-0.39, 0.29) is 37.1 Å². The SMILES string of the molecule is CCCOc1cc2c(Cl)cccc2c(O[C@@H]2C[C@H]3C(=O)N[C@]4(C(=O)NS(=O)(=O)C5(C)CC5)CC4/C=C\CC[C@H](C)C[C@@H](C)[C@H](NC(=O)O[C@H](C)C(F)(F)F)C(=O)N3C2)n1. The van der Waals surface area contributed by atoms with Gasteiger partial charge in [0.1, 0.15) is 23.7 Å². The second-order valence-corrected chi connectivity index (χ2v) is 19.2. The van der Waals surface area contributed by atoms with Crippen molar-refractivity contribution in [3.05, 3.63) is 41.4 Å². The highest BCUT2D eigenvalue weighted by atomic mass is 35.5. The number of fused-ring (bicyclic) bond motifs is 3. The Bertz CT molecular complexity index is 2100. The number of rotatable bonds is 10. The average molecular weight is 870 g/mol. The smallest absolute Gasteiger partial charge is 0.425 e. The van der Waals surface area contributed by atoms with Crippen molar-refractivity contribution in [2.75, 3.05) is 13.2 Å². The van der Waals surface area contributed by atoms with Crippen LogP contribution in [0.5, 0.6) is 11.8 Å². The Balaban J connectivity index is 1.37. The molecule has 0 radical (unpaired) electrons. The van der Waals surface area contributed by atoms with Crippen LogP contribution in [0.1, 0.15) is 86.0 Å². The quantitative estimate of drug-likeness (QED) is 0.241. The highest BCUT2D eigenvalue weighted by Gasteiger charge is 2.63. The predicted molar refractivity (Wildman–Crippen MR) is 211 cm³/mol. The van der Waals surface area contributed by atoms with E-state index in [2.05, 4.69) is 25.1 Å². The van der Waals surface area contributed by atoms with E-state index in [0.29, 0.717) is 67.9 Å². The molecule has 1 aromatic carbocycles. The minimum absolute atomic E-state index is 0.0442. The van der Waals surface area contributed by atoms with E-state index in [1.54, 1.807) is 37.3 Å². The standard InChI is InChI=1S/C40H51ClF3N5O9S/c1-6-16-56-31-19-28-27(12-9-13-29(28)41)34(45-31)58-26-18-30-33(50)47-39(36(52)48-59(54,55)38(5)14-15-38)20-25(39)11-8-7-10-22(2)17-23(3)32(35(51)49(30)21-26)46-37(53)57-24(4)40(42,43)44/h8-9,11-13,19,22-26,30,32H,6-7,10,14-18,20-21H2,1-5H3,(H,46,53)(H,47,50)(H,48,52)/b11-8-/t22-,23+,24+,25?,26+,30-,32-,39+/m0/s1. The molecule has 4 aliphatic rings. The lowest BCUT2D eigenvalue weighted by atomic mass is 9.88. The highest BCUT2D eigenvalue weighted by Crippen LogP contribution is 2.48. The van der Waals surface area contributed by atoms with Crippen LogP contribution < -0.4 is 24.8 Å². The summed E-state index contributed by atoms with van der Waals surface area (Å²) >= 11 is 6.55. The lowest BCUT2D eigenvalue weighted by Gasteiger charge is -2.33. The van der Waals surface area contributed by atoms with Crippen molar-refractivity contribution in [3.63, 3.8) is 0 Å². The summed E-state index contributed by atoms with van der Waals surface area (Å²) in [5, 5.41) is 6.62. The second-order valence-electron chi connectivity index (χ2n) is 16.6. The first-order valence-corrected chi connectivity index (χ1v) is 21.8. The molecule has 1 saturated heterocycles. The van der Waals surface area contributed by atoms with Crippen molar-refractivity contribution in [1.29, 1.82) is 0 Å². The number of carbonyl (C=O) groups excluding carboxylic acids is 4. The van der Waals surface area contributed by atoms with Crippen LogP contribution in [0, 0.1) is 17.8 Å². The fraction of sp³-hybridized carbons (Fsp3) is 0.625. The van der Waals surface area contributed by atoms with Crippen LogP contribution in [0.15, 0.2) is 36.4 Å². The molecule has 3 heterocycles. The summed E-state index contributed by atoms with van der Waals surface area (Å²) in [6.07, 6.45) is -3.22. The molecule has 4 amide bonds. The molecular formula is C40H51ClF3N5O9S. The number of allylic oxidation sites excluding steroid dienone is 1. The molecule has 8 atom stereocenters. The Morgan fingerprint density at radius 2 is 1.88 bits per heavy atom. The number of alkyl halides is 3. The zero-order valence-corrected chi connectivity index (χ0v) is 35.1. The van der Waals surface area contributed by atoms with E-state index in [1.807, 2.05) is 19.9 Å². The van der Waals surface area contributed by atoms with Gasteiger partial charge in [0, 0.05) is 34.2 Å². The normalized spacial score (nSPS) is 29.4. The molecule has 1 aromatic heterocycles. The number of hydrogen-bond donors (Lipinski definition) is 3. The Morgan fingerprint density at radius 1 is 1.15 bits per heavy atom. The van der Waals surface area contributed by atoms with Gasteiger partial charge in [-0.25, -0.2) is 13.2 Å². The maximum atomic E-state index is 14.8. The Hall–Kier alpha value is -4.32. The largest absolute Gasteiger partial charge is 0.478 e. The molecule has 1 unspecified atom stereocenters. The number of alkyl carbamates (subject to hydrolysis) is 1. The summed E-state index contributed by atoms with van der Waals surface area (Å²) in [7, 11) is -4.09. The number of pyridine rings is 1. The number of sulfonamides is 1. The van der Waals surface area contributed by atoms with Crippen molar-refractivity contribution in [2.45, 2.75) is 127 Å². The van der Waals surface area contributed by atoms with Crippen LogP contribution in [0.3, 0.4) is 0 Å². The molecule has 2 aliphatic carbocycles. The van der Waals surface area contributed by atoms with E-state index >= 15 is 0 Å². The van der Waals surface area contributed by atoms with Crippen molar-refractivity contribution in [1.82, 2.24) is 25.2 Å². The molecule has 59 heavy (non-hydrogen) atoms. The molecule has 324 valence electrons.